The van der Waals surface area contributed by atoms with Crippen molar-refractivity contribution in [2.24, 2.45) is 11.8 Å². The Kier molecular flexibility index (Phi) is 5.46. The van der Waals surface area contributed by atoms with E-state index in [1.54, 1.807) is 0 Å². The molecule has 106 valence electrons. The lowest BCUT2D eigenvalue weighted by Crippen LogP contribution is -2.54. The second kappa shape index (κ2) is 6.88. The molecule has 0 aromatic heterocycles. The molecule has 3 atom stereocenters. The molecular weight excluding hydrogens is 224 g/mol. The van der Waals surface area contributed by atoms with Crippen LogP contribution in [0.25, 0.3) is 0 Å². The van der Waals surface area contributed by atoms with Crippen LogP contribution in [0.4, 0.5) is 0 Å². The number of likely N-dealkylation sites (tertiary alicyclic amines) is 1. The summed E-state index contributed by atoms with van der Waals surface area (Å²) in [6, 6.07) is 1.46. The van der Waals surface area contributed by atoms with Crippen LogP contribution in [0.2, 0.25) is 0 Å². The van der Waals surface area contributed by atoms with Crippen molar-refractivity contribution in [3.63, 3.8) is 0 Å². The summed E-state index contributed by atoms with van der Waals surface area (Å²) in [4.78, 5) is 2.74. The normalized spacial score (nSPS) is 33.7. The molecule has 0 bridgehead atoms. The van der Waals surface area contributed by atoms with E-state index in [0.29, 0.717) is 6.04 Å². The quantitative estimate of drug-likeness (QED) is 0.786. The Morgan fingerprint density at radius 3 is 2.72 bits per heavy atom. The highest BCUT2D eigenvalue weighted by Crippen LogP contribution is 2.34. The molecule has 1 N–H and O–H groups in total. The summed E-state index contributed by atoms with van der Waals surface area (Å²) in [6.07, 6.45) is 5.53. The molecule has 0 aromatic carbocycles. The lowest BCUT2D eigenvalue weighted by Gasteiger charge is -2.47. The maximum atomic E-state index is 5.33. The minimum absolute atomic E-state index is 0.619. The molecule has 2 rings (SSSR count). The van der Waals surface area contributed by atoms with Crippen LogP contribution in [-0.2, 0) is 4.74 Å². The predicted molar refractivity (Wildman–Crippen MR) is 75.8 cm³/mol. The first kappa shape index (κ1) is 14.3. The van der Waals surface area contributed by atoms with Gasteiger partial charge in [0.2, 0.25) is 0 Å². The fourth-order valence-electron chi connectivity index (χ4n) is 3.43. The first-order chi connectivity index (χ1) is 8.70. The van der Waals surface area contributed by atoms with E-state index in [-0.39, 0.29) is 0 Å². The SMILES string of the molecule is COCC1CCCN(C2CCC2CNC(C)C)C1. The van der Waals surface area contributed by atoms with Gasteiger partial charge in [0.05, 0.1) is 6.61 Å². The van der Waals surface area contributed by atoms with Crippen molar-refractivity contribution in [1.82, 2.24) is 10.2 Å². The predicted octanol–water partition coefficient (Wildman–Crippen LogP) is 2.12. The van der Waals surface area contributed by atoms with E-state index >= 15 is 0 Å². The number of nitrogens with zero attached hydrogens (tertiary/aromatic N) is 1. The molecular formula is C15H30N2O. The van der Waals surface area contributed by atoms with Gasteiger partial charge in [-0.15, -0.1) is 0 Å². The monoisotopic (exact) mass is 254 g/mol. The molecule has 1 heterocycles. The van der Waals surface area contributed by atoms with Crippen molar-refractivity contribution in [3.05, 3.63) is 0 Å². The molecule has 3 nitrogen and oxygen atoms in total. The first-order valence-electron chi connectivity index (χ1n) is 7.67. The Balaban J connectivity index is 1.76. The van der Waals surface area contributed by atoms with Crippen LogP contribution in [0.3, 0.4) is 0 Å². The first-order valence-corrected chi connectivity index (χ1v) is 7.67. The molecule has 2 fully saturated rings. The molecule has 18 heavy (non-hydrogen) atoms. The fraction of sp³-hybridized carbons (Fsp3) is 1.00. The van der Waals surface area contributed by atoms with Gasteiger partial charge in [0, 0.05) is 25.7 Å². The highest BCUT2D eigenvalue weighted by Gasteiger charge is 2.37. The zero-order valence-electron chi connectivity index (χ0n) is 12.3. The van der Waals surface area contributed by atoms with Gasteiger partial charge in [-0.05, 0) is 50.6 Å². The maximum absolute atomic E-state index is 5.33. The van der Waals surface area contributed by atoms with E-state index in [0.717, 1.165) is 24.5 Å². The van der Waals surface area contributed by atoms with Crippen LogP contribution in [0, 0.1) is 11.8 Å². The van der Waals surface area contributed by atoms with Gasteiger partial charge in [-0.3, -0.25) is 4.90 Å². The molecule has 0 spiro atoms. The average molecular weight is 254 g/mol. The van der Waals surface area contributed by atoms with Crippen LogP contribution in [0.15, 0.2) is 0 Å². The van der Waals surface area contributed by atoms with E-state index in [1.807, 2.05) is 7.11 Å². The van der Waals surface area contributed by atoms with E-state index in [9.17, 15) is 0 Å². The van der Waals surface area contributed by atoms with Crippen LogP contribution in [0.5, 0.6) is 0 Å². The third kappa shape index (κ3) is 3.69. The molecule has 0 amide bonds. The molecule has 1 aliphatic carbocycles. The minimum atomic E-state index is 0.619. The summed E-state index contributed by atoms with van der Waals surface area (Å²) in [5.74, 6) is 1.65. The zero-order valence-corrected chi connectivity index (χ0v) is 12.3. The Hall–Kier alpha value is -0.120. The number of hydrogen-bond donors (Lipinski definition) is 1. The van der Waals surface area contributed by atoms with Gasteiger partial charge in [-0.2, -0.15) is 0 Å². The van der Waals surface area contributed by atoms with E-state index in [1.165, 1.54) is 45.3 Å². The third-order valence-electron chi connectivity index (χ3n) is 4.59. The number of ether oxygens (including phenoxy) is 1. The summed E-state index contributed by atoms with van der Waals surface area (Å²) in [6.45, 7) is 9.19. The van der Waals surface area contributed by atoms with Gasteiger partial charge in [-0.1, -0.05) is 13.8 Å². The lowest BCUT2D eigenvalue weighted by molar-refractivity contribution is 0.0101. The Bertz CT molecular complexity index is 243. The summed E-state index contributed by atoms with van der Waals surface area (Å²) >= 11 is 0. The Morgan fingerprint density at radius 2 is 2.11 bits per heavy atom. The lowest BCUT2D eigenvalue weighted by atomic mass is 9.77. The highest BCUT2D eigenvalue weighted by molar-refractivity contribution is 4.92. The summed E-state index contributed by atoms with van der Waals surface area (Å²) in [5.41, 5.74) is 0. The number of hydrogen-bond acceptors (Lipinski definition) is 3. The Morgan fingerprint density at radius 1 is 1.28 bits per heavy atom. The van der Waals surface area contributed by atoms with Crippen molar-refractivity contribution >= 4 is 0 Å². The molecule has 0 aromatic rings. The van der Waals surface area contributed by atoms with Gasteiger partial charge in [0.15, 0.2) is 0 Å². The van der Waals surface area contributed by atoms with Gasteiger partial charge in [-0.25, -0.2) is 0 Å². The Labute approximate surface area is 112 Å². The maximum Gasteiger partial charge on any atom is 0.0502 e. The van der Waals surface area contributed by atoms with Crippen LogP contribution in [0.1, 0.15) is 39.5 Å². The molecule has 2 aliphatic rings. The largest absolute Gasteiger partial charge is 0.384 e. The number of nitrogens with one attached hydrogen (secondary N) is 1. The molecule has 0 radical (unpaired) electrons. The number of methoxy groups -OCH3 is 1. The smallest absolute Gasteiger partial charge is 0.0502 e. The van der Waals surface area contributed by atoms with Crippen molar-refractivity contribution in [2.45, 2.75) is 51.6 Å². The second-order valence-electron chi connectivity index (χ2n) is 6.43. The second-order valence-corrected chi connectivity index (χ2v) is 6.43. The highest BCUT2D eigenvalue weighted by atomic mass is 16.5. The van der Waals surface area contributed by atoms with Crippen LogP contribution < -0.4 is 5.32 Å². The van der Waals surface area contributed by atoms with Gasteiger partial charge in [0.1, 0.15) is 0 Å². The van der Waals surface area contributed by atoms with Crippen molar-refractivity contribution < 1.29 is 4.74 Å². The van der Waals surface area contributed by atoms with Gasteiger partial charge < -0.3 is 10.1 Å². The fourth-order valence-corrected chi connectivity index (χ4v) is 3.43. The van der Waals surface area contributed by atoms with Crippen LogP contribution in [-0.4, -0.2) is 50.3 Å². The van der Waals surface area contributed by atoms with Crippen LogP contribution >= 0.6 is 0 Å². The van der Waals surface area contributed by atoms with Crippen molar-refractivity contribution in [1.29, 1.82) is 0 Å². The summed E-state index contributed by atoms with van der Waals surface area (Å²) in [5, 5.41) is 3.60. The number of rotatable bonds is 6. The van der Waals surface area contributed by atoms with E-state index in [2.05, 4.69) is 24.1 Å². The van der Waals surface area contributed by atoms with Gasteiger partial charge in [0.25, 0.3) is 0 Å². The third-order valence-corrected chi connectivity index (χ3v) is 4.59. The molecule has 3 unspecified atom stereocenters. The van der Waals surface area contributed by atoms with Crippen molar-refractivity contribution in [3.8, 4) is 0 Å². The number of piperidine rings is 1. The molecule has 3 heteroatoms. The molecule has 1 saturated carbocycles. The summed E-state index contributed by atoms with van der Waals surface area (Å²) in [7, 11) is 1.83. The molecule has 1 saturated heterocycles. The van der Waals surface area contributed by atoms with E-state index < -0.39 is 0 Å². The standard InChI is InChI=1S/C15H30N2O/c1-12(2)16-9-14-6-7-15(14)17-8-4-5-13(10-17)11-18-3/h12-16H,4-11H2,1-3H3. The molecule has 1 aliphatic heterocycles. The van der Waals surface area contributed by atoms with Crippen molar-refractivity contribution in [2.75, 3.05) is 33.4 Å². The minimum Gasteiger partial charge on any atom is -0.384 e. The summed E-state index contributed by atoms with van der Waals surface area (Å²) < 4.78 is 5.33. The van der Waals surface area contributed by atoms with Gasteiger partial charge >= 0.3 is 0 Å². The average Bonchev–Trinajstić information content (AvgIpc) is 2.28. The topological polar surface area (TPSA) is 24.5 Å². The zero-order chi connectivity index (χ0) is 13.0. The van der Waals surface area contributed by atoms with E-state index in [4.69, 9.17) is 4.74 Å².